The van der Waals surface area contributed by atoms with Crippen LogP contribution in [0.1, 0.15) is 37.6 Å². The number of rotatable bonds is 10. The monoisotopic (exact) mass is 466 g/mol. The van der Waals surface area contributed by atoms with Gasteiger partial charge in [-0.3, -0.25) is 4.79 Å². The summed E-state index contributed by atoms with van der Waals surface area (Å²) in [6, 6.07) is 11.3. The smallest absolute Gasteiger partial charge is 0.342 e. The van der Waals surface area contributed by atoms with Crippen LogP contribution in [0, 0.1) is 0 Å². The molecule has 2 rings (SSSR count). The second-order valence-corrected chi connectivity index (χ2v) is 7.28. The van der Waals surface area contributed by atoms with Crippen LogP contribution in [0.3, 0.4) is 0 Å². The molecule has 8 nitrogen and oxygen atoms in total. The normalized spacial score (nSPS) is 10.1. The fraction of sp³-hybridized carbons (Fsp3) is 0.231. The van der Waals surface area contributed by atoms with Gasteiger partial charge < -0.3 is 18.9 Å². The van der Waals surface area contributed by atoms with Crippen LogP contribution in [-0.4, -0.2) is 37.1 Å². The Morgan fingerprint density at radius 1 is 0.765 bits per heavy atom. The van der Waals surface area contributed by atoms with Crippen molar-refractivity contribution in [3.8, 4) is 22.6 Å². The van der Waals surface area contributed by atoms with Crippen molar-refractivity contribution in [2.75, 3.05) is 13.2 Å². The summed E-state index contributed by atoms with van der Waals surface area (Å²) >= 11 is 0. The van der Waals surface area contributed by atoms with Gasteiger partial charge in [0.15, 0.2) is 0 Å². The van der Waals surface area contributed by atoms with Gasteiger partial charge in [0.25, 0.3) is 0 Å². The minimum Gasteiger partial charge on any atom is -0.462 e. The summed E-state index contributed by atoms with van der Waals surface area (Å²) in [6.07, 6.45) is 0.216. The average Bonchev–Trinajstić information content (AvgIpc) is 2.81. The Hall–Kier alpha value is -4.20. The van der Waals surface area contributed by atoms with E-state index in [9.17, 15) is 19.2 Å². The third-order valence-corrected chi connectivity index (χ3v) is 4.37. The maximum absolute atomic E-state index is 12.5. The molecule has 0 saturated carbocycles. The summed E-state index contributed by atoms with van der Waals surface area (Å²) in [7, 11) is 0. The lowest BCUT2D eigenvalue weighted by molar-refractivity contribution is -0.144. The Balaban J connectivity index is 2.25. The summed E-state index contributed by atoms with van der Waals surface area (Å²) in [5.41, 5.74) is 1.80. The van der Waals surface area contributed by atoms with Gasteiger partial charge in [0.2, 0.25) is 0 Å². The molecule has 0 amide bonds. The van der Waals surface area contributed by atoms with Crippen molar-refractivity contribution in [2.24, 2.45) is 0 Å². The molecule has 0 aliphatic carbocycles. The van der Waals surface area contributed by atoms with Crippen molar-refractivity contribution in [1.29, 1.82) is 0 Å². The zero-order valence-electron chi connectivity index (χ0n) is 19.3. The zero-order chi connectivity index (χ0) is 25.3. The number of esters is 4. The summed E-state index contributed by atoms with van der Waals surface area (Å²) in [5.74, 6) is -2.06. The van der Waals surface area contributed by atoms with E-state index in [1.54, 1.807) is 44.2 Å². The van der Waals surface area contributed by atoms with E-state index >= 15 is 0 Å². The third kappa shape index (κ3) is 7.44. The van der Waals surface area contributed by atoms with E-state index in [1.165, 1.54) is 19.1 Å². The van der Waals surface area contributed by atoms with Crippen LogP contribution in [-0.2, 0) is 23.9 Å². The maximum Gasteiger partial charge on any atom is 0.342 e. The van der Waals surface area contributed by atoms with Gasteiger partial charge in [-0.15, -0.1) is 0 Å². The molecule has 0 heterocycles. The molecule has 0 N–H and O–H groups in total. The molecule has 0 aliphatic rings. The first kappa shape index (κ1) is 26.1. The number of hydrogen-bond donors (Lipinski definition) is 0. The second-order valence-electron chi connectivity index (χ2n) is 7.28. The molecule has 0 fully saturated rings. The summed E-state index contributed by atoms with van der Waals surface area (Å²) in [5, 5.41) is 0. The van der Waals surface area contributed by atoms with Gasteiger partial charge in [-0.1, -0.05) is 38.3 Å². The first-order valence-electron chi connectivity index (χ1n) is 10.4. The van der Waals surface area contributed by atoms with E-state index in [4.69, 9.17) is 18.9 Å². The molecule has 2 aromatic rings. The van der Waals surface area contributed by atoms with Crippen molar-refractivity contribution in [3.05, 3.63) is 72.3 Å². The van der Waals surface area contributed by atoms with Crippen LogP contribution in [0.25, 0.3) is 11.1 Å². The van der Waals surface area contributed by atoms with E-state index < -0.39 is 23.9 Å². The first-order chi connectivity index (χ1) is 16.1. The minimum atomic E-state index is -0.745. The fourth-order valence-electron chi connectivity index (χ4n) is 2.52. The van der Waals surface area contributed by atoms with Crippen molar-refractivity contribution < 1.29 is 38.1 Å². The highest BCUT2D eigenvalue weighted by molar-refractivity contribution is 5.96. The predicted octanol–water partition coefficient (Wildman–Crippen LogP) is 4.43. The van der Waals surface area contributed by atoms with E-state index in [2.05, 4.69) is 13.2 Å². The van der Waals surface area contributed by atoms with Crippen LogP contribution >= 0.6 is 0 Å². The predicted molar refractivity (Wildman–Crippen MR) is 124 cm³/mol. The average molecular weight is 466 g/mol. The van der Waals surface area contributed by atoms with Crippen LogP contribution in [0.2, 0.25) is 0 Å². The molecule has 0 aliphatic heterocycles. The summed E-state index contributed by atoms with van der Waals surface area (Å²) < 4.78 is 20.5. The number of benzene rings is 2. The Bertz CT molecular complexity index is 1110. The molecular weight excluding hydrogens is 440 g/mol. The lowest BCUT2D eigenvalue weighted by Gasteiger charge is -2.13. The lowest BCUT2D eigenvalue weighted by Crippen LogP contribution is -2.16. The van der Waals surface area contributed by atoms with Gasteiger partial charge in [0.05, 0.1) is 0 Å². The van der Waals surface area contributed by atoms with Gasteiger partial charge in [-0.2, -0.15) is 0 Å². The van der Waals surface area contributed by atoms with Gasteiger partial charge >= 0.3 is 23.9 Å². The van der Waals surface area contributed by atoms with Crippen LogP contribution in [0.5, 0.6) is 11.5 Å². The Labute approximate surface area is 197 Å². The minimum absolute atomic E-state index is 0.0150. The van der Waals surface area contributed by atoms with E-state index in [0.29, 0.717) is 16.9 Å². The number of carbonyl (C=O) groups excluding carboxylic acids is 4. The van der Waals surface area contributed by atoms with Gasteiger partial charge in [-0.05, 0) is 49.2 Å². The van der Waals surface area contributed by atoms with Gasteiger partial charge in [-0.25, -0.2) is 14.4 Å². The number of hydrogen-bond acceptors (Lipinski definition) is 8. The zero-order valence-corrected chi connectivity index (χ0v) is 19.3. The highest BCUT2D eigenvalue weighted by Gasteiger charge is 2.19. The van der Waals surface area contributed by atoms with Crippen molar-refractivity contribution in [3.63, 3.8) is 0 Å². The lowest BCUT2D eigenvalue weighted by atomic mass is 10.0. The van der Waals surface area contributed by atoms with E-state index in [1.807, 2.05) is 0 Å². The Morgan fingerprint density at radius 2 is 1.32 bits per heavy atom. The number of ether oxygens (including phenoxy) is 4. The second kappa shape index (κ2) is 12.2. The highest BCUT2D eigenvalue weighted by Crippen LogP contribution is 2.30. The molecule has 0 aromatic heterocycles. The van der Waals surface area contributed by atoms with E-state index in [-0.39, 0.29) is 42.1 Å². The van der Waals surface area contributed by atoms with Crippen molar-refractivity contribution >= 4 is 23.9 Å². The Kier molecular flexibility index (Phi) is 9.31. The first-order valence-corrected chi connectivity index (χ1v) is 10.4. The van der Waals surface area contributed by atoms with Crippen LogP contribution in [0.15, 0.2) is 66.8 Å². The van der Waals surface area contributed by atoms with Crippen LogP contribution < -0.4 is 9.47 Å². The highest BCUT2D eigenvalue weighted by atomic mass is 16.6. The molecule has 0 unspecified atom stereocenters. The molecule has 34 heavy (non-hydrogen) atoms. The van der Waals surface area contributed by atoms with Crippen LogP contribution in [0.4, 0.5) is 0 Å². The molecule has 0 radical (unpaired) electrons. The fourth-order valence-corrected chi connectivity index (χ4v) is 2.52. The van der Waals surface area contributed by atoms with Gasteiger partial charge in [0, 0.05) is 17.6 Å². The largest absolute Gasteiger partial charge is 0.462 e. The van der Waals surface area contributed by atoms with Gasteiger partial charge in [0.1, 0.15) is 30.3 Å². The molecule has 0 atom stereocenters. The SMILES string of the molecule is C=C(C)C(=O)Oc1ccc(-c2ccc(C(=O)OCCOC(=O)CC)c(OC(=O)C(=C)C)c2)cc1. The van der Waals surface area contributed by atoms with Crippen molar-refractivity contribution in [2.45, 2.75) is 27.2 Å². The van der Waals surface area contributed by atoms with E-state index in [0.717, 1.165) is 0 Å². The molecule has 0 bridgehead atoms. The number of carbonyl (C=O) groups is 4. The molecule has 0 spiro atoms. The quantitative estimate of drug-likeness (QED) is 0.219. The molecule has 178 valence electrons. The van der Waals surface area contributed by atoms with Crippen molar-refractivity contribution in [1.82, 2.24) is 0 Å². The molecule has 0 saturated heterocycles. The molecular formula is C26H26O8. The third-order valence-electron chi connectivity index (χ3n) is 4.37. The standard InChI is InChI=1S/C26H26O8/c1-6-23(27)31-13-14-32-26(30)21-12-9-19(15-22(21)34-25(29)17(4)5)18-7-10-20(11-8-18)33-24(28)16(2)3/h7-12,15H,2,4,6,13-14H2,1,3,5H3. The summed E-state index contributed by atoms with van der Waals surface area (Å²) in [6.45, 7) is 11.5. The topological polar surface area (TPSA) is 105 Å². The maximum atomic E-state index is 12.5. The summed E-state index contributed by atoms with van der Waals surface area (Å²) in [4.78, 5) is 47.5. The molecule has 8 heteroatoms. The molecule has 2 aromatic carbocycles. The Morgan fingerprint density at radius 3 is 1.91 bits per heavy atom.